The Morgan fingerprint density at radius 2 is 2.05 bits per heavy atom. The van der Waals surface area contributed by atoms with Crippen LogP contribution < -0.4 is 5.32 Å². The highest BCUT2D eigenvalue weighted by molar-refractivity contribution is 5.23. The monoisotopic (exact) mass is 267 g/mol. The minimum absolute atomic E-state index is 0.114. The molecule has 1 aromatic rings. The molecule has 1 unspecified atom stereocenters. The molecule has 1 aliphatic heterocycles. The van der Waals surface area contributed by atoms with E-state index in [-0.39, 0.29) is 18.0 Å². The molecule has 1 aromatic carbocycles. The molecule has 1 N–H and O–H groups in total. The van der Waals surface area contributed by atoms with Crippen LogP contribution in [0.4, 0.5) is 8.78 Å². The molecule has 19 heavy (non-hydrogen) atoms. The van der Waals surface area contributed by atoms with Crippen molar-refractivity contribution >= 4 is 0 Å². The summed E-state index contributed by atoms with van der Waals surface area (Å²) >= 11 is 0. The topological polar surface area (TPSA) is 21.3 Å². The van der Waals surface area contributed by atoms with Crippen molar-refractivity contribution in [1.29, 1.82) is 0 Å². The Balaban J connectivity index is 2.18. The fraction of sp³-hybridized carbons (Fsp3) is 0.467. The van der Waals surface area contributed by atoms with Crippen LogP contribution in [0, 0.1) is 11.6 Å². The van der Waals surface area contributed by atoms with E-state index in [0.717, 1.165) is 25.1 Å². The average molecular weight is 267 g/mol. The summed E-state index contributed by atoms with van der Waals surface area (Å²) in [7, 11) is 0. The lowest BCUT2D eigenvalue weighted by atomic mass is 10.0. The first kappa shape index (κ1) is 14.0. The lowest BCUT2D eigenvalue weighted by molar-refractivity contribution is 0.167. The smallest absolute Gasteiger partial charge is 0.129 e. The van der Waals surface area contributed by atoms with Gasteiger partial charge in [-0.15, -0.1) is 0 Å². The number of allylic oxidation sites excluding steroid dienone is 1. The second-order valence-corrected chi connectivity index (χ2v) is 4.61. The van der Waals surface area contributed by atoms with Crippen LogP contribution in [-0.2, 0) is 11.2 Å². The maximum absolute atomic E-state index is 13.7. The highest BCUT2D eigenvalue weighted by Crippen LogP contribution is 2.20. The van der Waals surface area contributed by atoms with Crippen molar-refractivity contribution in [3.05, 3.63) is 47.2 Å². The summed E-state index contributed by atoms with van der Waals surface area (Å²) in [6.45, 7) is 3.36. The summed E-state index contributed by atoms with van der Waals surface area (Å²) in [6, 6.07) is 3.79. The highest BCUT2D eigenvalue weighted by Gasteiger charge is 2.21. The van der Waals surface area contributed by atoms with Crippen LogP contribution in [0.3, 0.4) is 0 Å². The van der Waals surface area contributed by atoms with Gasteiger partial charge >= 0.3 is 0 Å². The predicted molar refractivity (Wildman–Crippen MR) is 70.8 cm³/mol. The van der Waals surface area contributed by atoms with Gasteiger partial charge in [-0.05, 0) is 37.6 Å². The molecule has 0 aliphatic carbocycles. The molecule has 0 spiro atoms. The molecule has 0 aromatic heterocycles. The zero-order valence-electron chi connectivity index (χ0n) is 11.1. The lowest BCUT2D eigenvalue weighted by Gasteiger charge is -2.24. The second kappa shape index (κ2) is 6.66. The second-order valence-electron chi connectivity index (χ2n) is 4.61. The first-order valence-electron chi connectivity index (χ1n) is 6.71. The Labute approximate surface area is 112 Å². The van der Waals surface area contributed by atoms with Gasteiger partial charge in [-0.1, -0.05) is 13.0 Å². The lowest BCUT2D eigenvalue weighted by Crippen LogP contribution is -2.35. The van der Waals surface area contributed by atoms with Crippen molar-refractivity contribution < 1.29 is 13.5 Å². The molecule has 104 valence electrons. The molecular formula is C15H19F2NO. The first-order valence-corrected chi connectivity index (χ1v) is 6.71. The Kier molecular flexibility index (Phi) is 4.91. The first-order chi connectivity index (χ1) is 9.22. The summed E-state index contributed by atoms with van der Waals surface area (Å²) in [5.74, 6) is -0.200. The summed E-state index contributed by atoms with van der Waals surface area (Å²) in [5.41, 5.74) is 0.114. The molecule has 0 radical (unpaired) electrons. The van der Waals surface area contributed by atoms with Crippen molar-refractivity contribution in [2.24, 2.45) is 0 Å². The van der Waals surface area contributed by atoms with Gasteiger partial charge in [-0.3, -0.25) is 0 Å². The maximum atomic E-state index is 13.7. The van der Waals surface area contributed by atoms with Crippen LogP contribution in [0.1, 0.15) is 25.3 Å². The summed E-state index contributed by atoms with van der Waals surface area (Å²) < 4.78 is 33.0. The number of benzene rings is 1. The number of likely N-dealkylation sites (N-methyl/N-ethyl adjacent to an activating group) is 1. The van der Waals surface area contributed by atoms with Crippen molar-refractivity contribution in [3.63, 3.8) is 0 Å². The Morgan fingerprint density at radius 1 is 1.32 bits per heavy atom. The van der Waals surface area contributed by atoms with Crippen LogP contribution >= 0.6 is 0 Å². The van der Waals surface area contributed by atoms with Gasteiger partial charge in [-0.25, -0.2) is 8.78 Å². The van der Waals surface area contributed by atoms with Crippen molar-refractivity contribution in [1.82, 2.24) is 5.32 Å². The zero-order valence-corrected chi connectivity index (χ0v) is 11.1. The number of nitrogens with one attached hydrogen (secondary N) is 1. The highest BCUT2D eigenvalue weighted by atomic mass is 19.1. The number of ether oxygens (including phenoxy) is 1. The Bertz CT molecular complexity index is 439. The van der Waals surface area contributed by atoms with Crippen LogP contribution in [0.25, 0.3) is 0 Å². The zero-order chi connectivity index (χ0) is 13.7. The Morgan fingerprint density at radius 3 is 2.63 bits per heavy atom. The molecule has 0 amide bonds. The average Bonchev–Trinajstić information content (AvgIpc) is 2.43. The molecule has 0 saturated carbocycles. The quantitative estimate of drug-likeness (QED) is 0.884. The predicted octanol–water partition coefficient (Wildman–Crippen LogP) is 3.18. The normalized spacial score (nSPS) is 16.7. The molecule has 1 atom stereocenters. The number of hydrogen-bond acceptors (Lipinski definition) is 2. The minimum atomic E-state index is -0.501. The van der Waals surface area contributed by atoms with E-state index in [1.165, 1.54) is 18.2 Å². The van der Waals surface area contributed by atoms with Crippen LogP contribution in [0.5, 0.6) is 0 Å². The molecular weight excluding hydrogens is 248 g/mol. The summed E-state index contributed by atoms with van der Waals surface area (Å²) in [5, 5.41) is 3.23. The van der Waals surface area contributed by atoms with Crippen molar-refractivity contribution in [2.75, 3.05) is 13.2 Å². The SMILES string of the molecule is CCNC(Cc1c(F)cccc1F)C1=CCCCO1. The molecule has 1 aliphatic rings. The van der Waals surface area contributed by atoms with E-state index < -0.39 is 11.6 Å². The van der Waals surface area contributed by atoms with E-state index in [0.29, 0.717) is 6.61 Å². The fourth-order valence-corrected chi connectivity index (χ4v) is 2.27. The molecule has 2 rings (SSSR count). The van der Waals surface area contributed by atoms with E-state index >= 15 is 0 Å². The fourth-order valence-electron chi connectivity index (χ4n) is 2.27. The minimum Gasteiger partial charge on any atom is -0.497 e. The largest absolute Gasteiger partial charge is 0.497 e. The van der Waals surface area contributed by atoms with Gasteiger partial charge in [0.25, 0.3) is 0 Å². The van der Waals surface area contributed by atoms with E-state index in [1.54, 1.807) is 0 Å². The van der Waals surface area contributed by atoms with Crippen LogP contribution in [0.15, 0.2) is 30.0 Å². The molecule has 0 fully saturated rings. The molecule has 0 saturated heterocycles. The Hall–Kier alpha value is -1.42. The van der Waals surface area contributed by atoms with Gasteiger partial charge in [0.15, 0.2) is 0 Å². The van der Waals surface area contributed by atoms with Crippen LogP contribution in [-0.4, -0.2) is 19.2 Å². The number of halogens is 2. The third kappa shape index (κ3) is 3.53. The van der Waals surface area contributed by atoms with Gasteiger partial charge < -0.3 is 10.1 Å². The van der Waals surface area contributed by atoms with Gasteiger partial charge in [-0.2, -0.15) is 0 Å². The molecule has 1 heterocycles. The van der Waals surface area contributed by atoms with Crippen molar-refractivity contribution in [3.8, 4) is 0 Å². The third-order valence-corrected chi connectivity index (χ3v) is 3.23. The van der Waals surface area contributed by atoms with Gasteiger partial charge in [0.05, 0.1) is 12.6 Å². The third-order valence-electron chi connectivity index (χ3n) is 3.23. The number of hydrogen-bond donors (Lipinski definition) is 1. The maximum Gasteiger partial charge on any atom is 0.129 e. The molecule has 4 heteroatoms. The summed E-state index contributed by atoms with van der Waals surface area (Å²) in [4.78, 5) is 0. The van der Waals surface area contributed by atoms with Gasteiger partial charge in [0.1, 0.15) is 17.4 Å². The van der Waals surface area contributed by atoms with E-state index in [4.69, 9.17) is 4.74 Å². The van der Waals surface area contributed by atoms with Gasteiger partial charge in [0, 0.05) is 12.0 Å². The van der Waals surface area contributed by atoms with E-state index in [1.807, 2.05) is 13.0 Å². The van der Waals surface area contributed by atoms with E-state index in [2.05, 4.69) is 5.32 Å². The van der Waals surface area contributed by atoms with Crippen LogP contribution in [0.2, 0.25) is 0 Å². The molecule has 2 nitrogen and oxygen atoms in total. The number of rotatable bonds is 5. The standard InChI is InChI=1S/C15H19F2NO/c1-2-18-14(15-8-3-4-9-19-15)10-11-12(16)6-5-7-13(11)17/h5-8,14,18H,2-4,9-10H2,1H3. The molecule has 0 bridgehead atoms. The summed E-state index contributed by atoms with van der Waals surface area (Å²) in [6.07, 6.45) is 4.22. The van der Waals surface area contributed by atoms with Crippen molar-refractivity contribution in [2.45, 2.75) is 32.2 Å². The van der Waals surface area contributed by atoms with E-state index in [9.17, 15) is 8.78 Å². The van der Waals surface area contributed by atoms with Gasteiger partial charge in [0.2, 0.25) is 0 Å².